The fraction of sp³-hybridized carbons (Fsp3) is 0.471. The van der Waals surface area contributed by atoms with Gasteiger partial charge in [-0.2, -0.15) is 0 Å². The standard InChI is InChI=1S/C17H23NO7/c1-4-22-12-7-9-13(10-8-12)25-11-14(19)18-15(16(20)23-5-2)17(21)24-6-3/h7-10,15H,4-6,11H2,1-3H3,(H,18,19). The van der Waals surface area contributed by atoms with Crippen molar-refractivity contribution < 1.29 is 33.3 Å². The maximum absolute atomic E-state index is 11.9. The molecule has 1 aromatic carbocycles. The number of esters is 2. The van der Waals surface area contributed by atoms with Crippen LogP contribution in [-0.4, -0.2) is 50.3 Å². The molecule has 0 saturated carbocycles. The van der Waals surface area contributed by atoms with Crippen molar-refractivity contribution in [3.63, 3.8) is 0 Å². The highest BCUT2D eigenvalue weighted by Crippen LogP contribution is 2.17. The maximum Gasteiger partial charge on any atom is 0.340 e. The van der Waals surface area contributed by atoms with Crippen LogP contribution >= 0.6 is 0 Å². The third-order valence-electron chi connectivity index (χ3n) is 2.85. The van der Waals surface area contributed by atoms with Crippen LogP contribution in [0.2, 0.25) is 0 Å². The van der Waals surface area contributed by atoms with Crippen LogP contribution in [0.5, 0.6) is 11.5 Å². The second-order valence-electron chi connectivity index (χ2n) is 4.70. The molecule has 8 heteroatoms. The number of amides is 1. The first kappa shape index (κ1) is 20.3. The zero-order valence-electron chi connectivity index (χ0n) is 14.6. The molecule has 0 radical (unpaired) electrons. The van der Waals surface area contributed by atoms with Crippen molar-refractivity contribution >= 4 is 17.8 Å². The first-order valence-corrected chi connectivity index (χ1v) is 8.00. The van der Waals surface area contributed by atoms with E-state index in [-0.39, 0.29) is 19.8 Å². The summed E-state index contributed by atoms with van der Waals surface area (Å²) in [6, 6.07) is 5.18. The van der Waals surface area contributed by atoms with Gasteiger partial charge in [-0.1, -0.05) is 0 Å². The first-order chi connectivity index (χ1) is 12.0. The third kappa shape index (κ3) is 7.11. The van der Waals surface area contributed by atoms with Gasteiger partial charge >= 0.3 is 11.9 Å². The summed E-state index contributed by atoms with van der Waals surface area (Å²) < 4.78 is 20.1. The second-order valence-corrected chi connectivity index (χ2v) is 4.70. The van der Waals surface area contributed by atoms with Crippen LogP contribution in [-0.2, 0) is 23.9 Å². The molecule has 0 aliphatic rings. The zero-order valence-corrected chi connectivity index (χ0v) is 14.6. The Morgan fingerprint density at radius 2 is 1.32 bits per heavy atom. The van der Waals surface area contributed by atoms with Gasteiger partial charge in [0.05, 0.1) is 19.8 Å². The van der Waals surface area contributed by atoms with Crippen LogP contribution in [0.3, 0.4) is 0 Å². The summed E-state index contributed by atoms with van der Waals surface area (Å²) in [6.45, 7) is 5.39. The molecule has 1 aromatic rings. The predicted octanol–water partition coefficient (Wildman–Crippen LogP) is 1.08. The van der Waals surface area contributed by atoms with Gasteiger partial charge in [-0.3, -0.25) is 4.79 Å². The van der Waals surface area contributed by atoms with Crippen molar-refractivity contribution in [2.24, 2.45) is 0 Å². The van der Waals surface area contributed by atoms with E-state index >= 15 is 0 Å². The number of nitrogens with one attached hydrogen (secondary N) is 1. The highest BCUT2D eigenvalue weighted by atomic mass is 16.6. The summed E-state index contributed by atoms with van der Waals surface area (Å²) >= 11 is 0. The van der Waals surface area contributed by atoms with Crippen LogP contribution in [0, 0.1) is 0 Å². The molecule has 0 aliphatic heterocycles. The van der Waals surface area contributed by atoms with Crippen molar-refractivity contribution in [1.82, 2.24) is 5.32 Å². The highest BCUT2D eigenvalue weighted by Gasteiger charge is 2.31. The predicted molar refractivity (Wildman–Crippen MR) is 88.3 cm³/mol. The fourth-order valence-corrected chi connectivity index (χ4v) is 1.82. The molecular weight excluding hydrogens is 330 g/mol. The molecule has 0 atom stereocenters. The molecular formula is C17H23NO7. The molecule has 1 rings (SSSR count). The van der Waals surface area contributed by atoms with Crippen molar-refractivity contribution in [2.75, 3.05) is 26.4 Å². The van der Waals surface area contributed by atoms with Gasteiger partial charge in [0.25, 0.3) is 5.91 Å². The summed E-state index contributed by atoms with van der Waals surface area (Å²) in [4.78, 5) is 35.5. The lowest BCUT2D eigenvalue weighted by Gasteiger charge is -2.16. The molecule has 0 unspecified atom stereocenters. The highest BCUT2D eigenvalue weighted by molar-refractivity contribution is 6.02. The number of ether oxygens (including phenoxy) is 4. The van der Waals surface area contributed by atoms with Gasteiger partial charge in [0.2, 0.25) is 6.04 Å². The molecule has 138 valence electrons. The summed E-state index contributed by atoms with van der Waals surface area (Å²) in [5, 5.41) is 2.25. The fourth-order valence-electron chi connectivity index (χ4n) is 1.82. The average Bonchev–Trinajstić information content (AvgIpc) is 2.59. The van der Waals surface area contributed by atoms with E-state index in [2.05, 4.69) is 5.32 Å². The molecule has 0 saturated heterocycles. The van der Waals surface area contributed by atoms with E-state index in [0.29, 0.717) is 18.1 Å². The lowest BCUT2D eigenvalue weighted by molar-refractivity contribution is -0.159. The van der Waals surface area contributed by atoms with Gasteiger partial charge in [0, 0.05) is 0 Å². The maximum atomic E-state index is 11.9. The Morgan fingerprint density at radius 3 is 1.76 bits per heavy atom. The van der Waals surface area contributed by atoms with Crippen LogP contribution in [0.1, 0.15) is 20.8 Å². The lowest BCUT2D eigenvalue weighted by atomic mass is 10.3. The van der Waals surface area contributed by atoms with Gasteiger partial charge in [-0.05, 0) is 45.0 Å². The van der Waals surface area contributed by atoms with Crippen molar-refractivity contribution in [3.8, 4) is 11.5 Å². The Hall–Kier alpha value is -2.77. The summed E-state index contributed by atoms with van der Waals surface area (Å²) in [5.74, 6) is -1.28. The minimum absolute atomic E-state index is 0.0767. The summed E-state index contributed by atoms with van der Waals surface area (Å²) in [6.07, 6.45) is 0. The van der Waals surface area contributed by atoms with E-state index in [1.165, 1.54) is 0 Å². The van der Waals surface area contributed by atoms with E-state index in [1.807, 2.05) is 6.92 Å². The summed E-state index contributed by atoms with van der Waals surface area (Å²) in [7, 11) is 0. The Bertz CT molecular complexity index is 553. The van der Waals surface area contributed by atoms with E-state index in [1.54, 1.807) is 38.1 Å². The first-order valence-electron chi connectivity index (χ1n) is 8.00. The zero-order chi connectivity index (χ0) is 18.7. The normalized spacial score (nSPS) is 10.1. The number of hydrogen-bond acceptors (Lipinski definition) is 7. The molecule has 0 aromatic heterocycles. The summed E-state index contributed by atoms with van der Waals surface area (Å²) in [5.41, 5.74) is 0. The number of rotatable bonds is 10. The van der Waals surface area contributed by atoms with Crippen LogP contribution < -0.4 is 14.8 Å². The van der Waals surface area contributed by atoms with Gasteiger partial charge in [0.1, 0.15) is 11.5 Å². The van der Waals surface area contributed by atoms with E-state index in [0.717, 1.165) is 0 Å². The number of hydrogen-bond donors (Lipinski definition) is 1. The second kappa shape index (κ2) is 10.9. The van der Waals surface area contributed by atoms with Gasteiger partial charge in [-0.15, -0.1) is 0 Å². The third-order valence-corrected chi connectivity index (χ3v) is 2.85. The molecule has 0 fully saturated rings. The van der Waals surface area contributed by atoms with Gasteiger partial charge < -0.3 is 24.3 Å². The molecule has 0 heterocycles. The number of carbonyl (C=O) groups is 3. The molecule has 25 heavy (non-hydrogen) atoms. The molecule has 0 bridgehead atoms. The molecule has 0 spiro atoms. The van der Waals surface area contributed by atoms with Gasteiger partial charge in [0.15, 0.2) is 6.61 Å². The Labute approximate surface area is 146 Å². The van der Waals surface area contributed by atoms with Crippen molar-refractivity contribution in [2.45, 2.75) is 26.8 Å². The Kier molecular flexibility index (Phi) is 8.84. The smallest absolute Gasteiger partial charge is 0.340 e. The van der Waals surface area contributed by atoms with E-state index in [4.69, 9.17) is 18.9 Å². The minimum Gasteiger partial charge on any atom is -0.494 e. The van der Waals surface area contributed by atoms with E-state index in [9.17, 15) is 14.4 Å². The monoisotopic (exact) mass is 353 g/mol. The van der Waals surface area contributed by atoms with Crippen LogP contribution in [0.4, 0.5) is 0 Å². The largest absolute Gasteiger partial charge is 0.494 e. The number of benzene rings is 1. The molecule has 8 nitrogen and oxygen atoms in total. The van der Waals surface area contributed by atoms with Crippen LogP contribution in [0.25, 0.3) is 0 Å². The Balaban J connectivity index is 2.58. The SMILES string of the molecule is CCOC(=O)C(NC(=O)COc1ccc(OCC)cc1)C(=O)OCC. The van der Waals surface area contributed by atoms with E-state index < -0.39 is 23.9 Å². The molecule has 1 N–H and O–H groups in total. The Morgan fingerprint density at radius 1 is 0.840 bits per heavy atom. The quantitative estimate of drug-likeness (QED) is 0.496. The van der Waals surface area contributed by atoms with Crippen molar-refractivity contribution in [3.05, 3.63) is 24.3 Å². The molecule has 0 aliphatic carbocycles. The number of carbonyl (C=O) groups excluding carboxylic acids is 3. The lowest BCUT2D eigenvalue weighted by Crippen LogP contribution is -2.49. The molecule has 1 amide bonds. The van der Waals surface area contributed by atoms with Crippen molar-refractivity contribution in [1.29, 1.82) is 0 Å². The average molecular weight is 353 g/mol. The minimum atomic E-state index is -1.52. The van der Waals surface area contributed by atoms with Gasteiger partial charge in [-0.25, -0.2) is 9.59 Å². The van der Waals surface area contributed by atoms with Crippen LogP contribution in [0.15, 0.2) is 24.3 Å². The topological polar surface area (TPSA) is 100 Å².